The molecule has 0 unspecified atom stereocenters. The van der Waals surface area contributed by atoms with Gasteiger partial charge >= 0.3 is 7.12 Å². The number of rotatable bonds is 4. The highest BCUT2D eigenvalue weighted by Gasteiger charge is 2.51. The first kappa shape index (κ1) is 14.8. The normalized spacial score (nSPS) is 20.8. The Morgan fingerprint density at radius 2 is 1.84 bits per heavy atom. The van der Waals surface area contributed by atoms with Gasteiger partial charge in [-0.05, 0) is 51.0 Å². The standard InChI is InChI=1S/C14H21BO3S/c1-6-7-11(16)12-8-10(9-19-12)15-17-13(2,3)14(4,5)18-15/h8-9H,6-7H2,1-5H3. The van der Waals surface area contributed by atoms with Crippen LogP contribution in [-0.4, -0.2) is 24.1 Å². The molecule has 19 heavy (non-hydrogen) atoms. The maximum absolute atomic E-state index is 11.9. The van der Waals surface area contributed by atoms with Crippen molar-refractivity contribution in [1.29, 1.82) is 0 Å². The van der Waals surface area contributed by atoms with Crippen LogP contribution in [0.3, 0.4) is 0 Å². The third kappa shape index (κ3) is 2.78. The summed E-state index contributed by atoms with van der Waals surface area (Å²) in [7, 11) is -0.371. The van der Waals surface area contributed by atoms with Gasteiger partial charge in [0.15, 0.2) is 5.78 Å². The van der Waals surface area contributed by atoms with Gasteiger partial charge in [0.2, 0.25) is 0 Å². The molecule has 0 radical (unpaired) electrons. The van der Waals surface area contributed by atoms with E-state index >= 15 is 0 Å². The number of thiophene rings is 1. The van der Waals surface area contributed by atoms with E-state index in [1.54, 1.807) is 0 Å². The molecule has 1 aliphatic rings. The fourth-order valence-electron chi connectivity index (χ4n) is 1.95. The van der Waals surface area contributed by atoms with Gasteiger partial charge in [0, 0.05) is 6.42 Å². The number of Topliss-reactive ketones (excluding diaryl/α,β-unsaturated/α-hetero) is 1. The Hall–Kier alpha value is -0.645. The van der Waals surface area contributed by atoms with E-state index in [-0.39, 0.29) is 24.1 Å². The Morgan fingerprint density at radius 3 is 2.37 bits per heavy atom. The van der Waals surface area contributed by atoms with Crippen LogP contribution < -0.4 is 5.46 Å². The highest BCUT2D eigenvalue weighted by Crippen LogP contribution is 2.36. The summed E-state index contributed by atoms with van der Waals surface area (Å²) in [6, 6.07) is 1.91. The molecule has 0 amide bonds. The molecular formula is C14H21BO3S. The van der Waals surface area contributed by atoms with E-state index in [1.165, 1.54) is 11.3 Å². The maximum atomic E-state index is 11.9. The Balaban J connectivity index is 2.15. The van der Waals surface area contributed by atoms with Gasteiger partial charge in [0.05, 0.1) is 16.1 Å². The summed E-state index contributed by atoms with van der Waals surface area (Å²) >= 11 is 1.48. The van der Waals surface area contributed by atoms with Crippen LogP contribution in [0.25, 0.3) is 0 Å². The van der Waals surface area contributed by atoms with Crippen molar-refractivity contribution in [3.8, 4) is 0 Å². The largest absolute Gasteiger partial charge is 0.495 e. The molecule has 1 fully saturated rings. The summed E-state index contributed by atoms with van der Waals surface area (Å²) in [5.74, 6) is 0.204. The van der Waals surface area contributed by atoms with Gasteiger partial charge in [-0.3, -0.25) is 4.79 Å². The lowest BCUT2D eigenvalue weighted by molar-refractivity contribution is 0.00578. The SMILES string of the molecule is CCCC(=O)c1cc(B2OC(C)(C)C(C)(C)O2)cs1. The van der Waals surface area contributed by atoms with E-state index in [2.05, 4.69) is 0 Å². The van der Waals surface area contributed by atoms with Crippen LogP contribution in [0, 0.1) is 0 Å². The number of carbonyl (C=O) groups is 1. The molecule has 1 aromatic heterocycles. The van der Waals surface area contributed by atoms with E-state index in [1.807, 2.05) is 46.1 Å². The van der Waals surface area contributed by atoms with Crippen molar-refractivity contribution in [2.45, 2.75) is 58.7 Å². The van der Waals surface area contributed by atoms with E-state index < -0.39 is 0 Å². The van der Waals surface area contributed by atoms with Crippen LogP contribution in [0.15, 0.2) is 11.4 Å². The quantitative estimate of drug-likeness (QED) is 0.628. The molecule has 2 rings (SSSR count). The molecule has 0 N–H and O–H groups in total. The zero-order chi connectivity index (χ0) is 14.3. The number of carbonyl (C=O) groups excluding carboxylic acids is 1. The van der Waals surface area contributed by atoms with Gasteiger partial charge < -0.3 is 9.31 Å². The smallest absolute Gasteiger partial charge is 0.399 e. The molecule has 1 aromatic rings. The van der Waals surface area contributed by atoms with Crippen molar-refractivity contribution in [2.24, 2.45) is 0 Å². The average Bonchev–Trinajstić information content (AvgIpc) is 2.83. The van der Waals surface area contributed by atoms with Crippen molar-refractivity contribution in [2.75, 3.05) is 0 Å². The summed E-state index contributed by atoms with van der Waals surface area (Å²) in [4.78, 5) is 12.7. The minimum absolute atomic E-state index is 0.204. The van der Waals surface area contributed by atoms with Crippen molar-refractivity contribution in [1.82, 2.24) is 0 Å². The van der Waals surface area contributed by atoms with Gasteiger partial charge in [0.25, 0.3) is 0 Å². The van der Waals surface area contributed by atoms with Crippen molar-refractivity contribution >= 4 is 29.7 Å². The van der Waals surface area contributed by atoms with Crippen molar-refractivity contribution < 1.29 is 14.1 Å². The van der Waals surface area contributed by atoms with E-state index in [4.69, 9.17) is 9.31 Å². The Morgan fingerprint density at radius 1 is 1.26 bits per heavy atom. The molecule has 2 heterocycles. The Kier molecular flexibility index (Phi) is 3.91. The molecule has 104 valence electrons. The van der Waals surface area contributed by atoms with Gasteiger partial charge in [-0.25, -0.2) is 0 Å². The average molecular weight is 280 g/mol. The highest BCUT2D eigenvalue weighted by atomic mass is 32.1. The van der Waals surface area contributed by atoms with Crippen LogP contribution in [0.5, 0.6) is 0 Å². The van der Waals surface area contributed by atoms with E-state index in [9.17, 15) is 4.79 Å². The van der Waals surface area contributed by atoms with Crippen LogP contribution in [-0.2, 0) is 9.31 Å². The summed E-state index contributed by atoms with van der Waals surface area (Å²) in [6.45, 7) is 10.1. The zero-order valence-electron chi connectivity index (χ0n) is 12.3. The lowest BCUT2D eigenvalue weighted by Gasteiger charge is -2.32. The summed E-state index contributed by atoms with van der Waals surface area (Å²) in [6.07, 6.45) is 1.48. The molecule has 5 heteroatoms. The fourth-order valence-corrected chi connectivity index (χ4v) is 2.83. The molecule has 0 atom stereocenters. The lowest BCUT2D eigenvalue weighted by atomic mass is 9.81. The zero-order valence-corrected chi connectivity index (χ0v) is 13.1. The third-order valence-corrected chi connectivity index (χ3v) is 4.89. The number of ketones is 1. The second kappa shape index (κ2) is 5.04. The minimum Gasteiger partial charge on any atom is -0.399 e. The first-order valence-electron chi connectivity index (χ1n) is 6.74. The number of hydrogen-bond donors (Lipinski definition) is 0. The van der Waals surface area contributed by atoms with E-state index in [0.717, 1.165) is 16.8 Å². The first-order chi connectivity index (χ1) is 8.77. The van der Waals surface area contributed by atoms with Gasteiger partial charge in [-0.2, -0.15) is 0 Å². The molecule has 0 saturated carbocycles. The molecule has 0 bridgehead atoms. The maximum Gasteiger partial charge on any atom is 0.495 e. The monoisotopic (exact) mass is 280 g/mol. The predicted molar refractivity (Wildman–Crippen MR) is 79.3 cm³/mol. The molecule has 3 nitrogen and oxygen atoms in total. The van der Waals surface area contributed by atoms with Gasteiger partial charge in [-0.1, -0.05) is 6.92 Å². The van der Waals surface area contributed by atoms with Crippen LogP contribution >= 0.6 is 11.3 Å². The summed E-state index contributed by atoms with van der Waals surface area (Å²) < 4.78 is 12.0. The number of hydrogen-bond acceptors (Lipinski definition) is 4. The second-order valence-corrected chi connectivity index (χ2v) is 6.92. The third-order valence-electron chi connectivity index (χ3n) is 3.90. The first-order valence-corrected chi connectivity index (χ1v) is 7.62. The summed E-state index contributed by atoms with van der Waals surface area (Å²) in [5.41, 5.74) is 0.267. The molecule has 1 aliphatic heterocycles. The van der Waals surface area contributed by atoms with Crippen LogP contribution in [0.4, 0.5) is 0 Å². The van der Waals surface area contributed by atoms with Crippen molar-refractivity contribution in [3.05, 3.63) is 16.3 Å². The topological polar surface area (TPSA) is 35.5 Å². The molecule has 1 saturated heterocycles. The van der Waals surface area contributed by atoms with Gasteiger partial charge in [0.1, 0.15) is 0 Å². The predicted octanol–water partition coefficient (Wildman–Crippen LogP) is 3.03. The molecule has 0 aliphatic carbocycles. The second-order valence-electron chi connectivity index (χ2n) is 6.01. The van der Waals surface area contributed by atoms with Crippen LogP contribution in [0.2, 0.25) is 0 Å². The van der Waals surface area contributed by atoms with E-state index in [0.29, 0.717) is 6.42 Å². The highest BCUT2D eigenvalue weighted by molar-refractivity contribution is 7.13. The van der Waals surface area contributed by atoms with Gasteiger partial charge in [-0.15, -0.1) is 11.3 Å². The Bertz CT molecular complexity index is 463. The van der Waals surface area contributed by atoms with Crippen LogP contribution in [0.1, 0.15) is 57.1 Å². The molecule has 0 aromatic carbocycles. The minimum atomic E-state index is -0.371. The Labute approximate surface area is 119 Å². The van der Waals surface area contributed by atoms with Crippen molar-refractivity contribution in [3.63, 3.8) is 0 Å². The molecular weight excluding hydrogens is 259 g/mol. The summed E-state index contributed by atoms with van der Waals surface area (Å²) in [5, 5.41) is 1.96. The lowest BCUT2D eigenvalue weighted by Crippen LogP contribution is -2.41. The molecule has 0 spiro atoms. The fraction of sp³-hybridized carbons (Fsp3) is 0.643.